The fraction of sp³-hybridized carbons (Fsp3) is 0.524. The molecule has 1 aliphatic heterocycles. The molecule has 122 valence electrons. The van der Waals surface area contributed by atoms with Gasteiger partial charge in [0.05, 0.1) is 0 Å². The Morgan fingerprint density at radius 2 is 1.83 bits per heavy atom. The van der Waals surface area contributed by atoms with Crippen molar-refractivity contribution in [2.24, 2.45) is 5.92 Å². The van der Waals surface area contributed by atoms with Gasteiger partial charge in [0.25, 0.3) is 0 Å². The predicted octanol–water partition coefficient (Wildman–Crippen LogP) is 4.33. The zero-order valence-electron chi connectivity index (χ0n) is 14.8. The second-order valence-corrected chi connectivity index (χ2v) is 7.93. The van der Waals surface area contributed by atoms with Crippen LogP contribution in [-0.4, -0.2) is 17.3 Å². The van der Waals surface area contributed by atoms with Gasteiger partial charge in [-0.15, -0.1) is 0 Å². The maximum absolute atomic E-state index is 11.3. The fourth-order valence-corrected chi connectivity index (χ4v) is 4.79. The Hall–Kier alpha value is -1.54. The first kappa shape index (κ1) is 15.0. The Balaban J connectivity index is 1.95. The summed E-state index contributed by atoms with van der Waals surface area (Å²) in [6.45, 7) is 11.4. The number of ether oxygens (including phenoxy) is 1. The van der Waals surface area contributed by atoms with E-state index in [1.54, 1.807) is 0 Å². The number of hydrogen-bond donors (Lipinski definition) is 1. The molecule has 2 heteroatoms. The van der Waals surface area contributed by atoms with E-state index in [9.17, 15) is 5.11 Å². The van der Waals surface area contributed by atoms with E-state index >= 15 is 0 Å². The standard InChI is InChI=1S/C21H26O2/c1-11-7-16-9-21(22)10-23-20-15(5)13(3)6-14(4)18(20)19(21)17(16)8-12(11)2/h7-8,14,19,22H,6,9-10H2,1-5H3. The molecule has 23 heavy (non-hydrogen) atoms. The number of allylic oxidation sites excluding steroid dienone is 2. The summed E-state index contributed by atoms with van der Waals surface area (Å²) < 4.78 is 6.12. The van der Waals surface area contributed by atoms with Gasteiger partial charge in [-0.2, -0.15) is 0 Å². The lowest BCUT2D eigenvalue weighted by molar-refractivity contribution is -0.0488. The summed E-state index contributed by atoms with van der Waals surface area (Å²) in [5.74, 6) is 1.58. The third-order valence-electron chi connectivity index (χ3n) is 6.26. The highest BCUT2D eigenvalue weighted by molar-refractivity contribution is 5.54. The van der Waals surface area contributed by atoms with Crippen LogP contribution in [0.2, 0.25) is 0 Å². The minimum Gasteiger partial charge on any atom is -0.490 e. The van der Waals surface area contributed by atoms with Crippen molar-refractivity contribution in [2.45, 2.75) is 59.0 Å². The number of benzene rings is 1. The normalized spacial score (nSPS) is 32.4. The molecule has 3 unspecified atom stereocenters. The van der Waals surface area contributed by atoms with Crippen molar-refractivity contribution in [3.8, 4) is 0 Å². The van der Waals surface area contributed by atoms with Gasteiger partial charge < -0.3 is 9.84 Å². The zero-order valence-corrected chi connectivity index (χ0v) is 14.8. The molecule has 0 aromatic heterocycles. The highest BCUT2D eigenvalue weighted by Gasteiger charge is 2.52. The van der Waals surface area contributed by atoms with E-state index in [0.717, 1.165) is 12.2 Å². The molecular formula is C21H26O2. The van der Waals surface area contributed by atoms with Gasteiger partial charge in [-0.25, -0.2) is 0 Å². The summed E-state index contributed by atoms with van der Waals surface area (Å²) in [5, 5.41) is 11.3. The quantitative estimate of drug-likeness (QED) is 0.772. The molecule has 1 aromatic rings. The fourth-order valence-electron chi connectivity index (χ4n) is 4.79. The molecule has 1 heterocycles. The van der Waals surface area contributed by atoms with Gasteiger partial charge >= 0.3 is 0 Å². The molecule has 0 fully saturated rings. The first-order chi connectivity index (χ1) is 10.8. The molecule has 3 atom stereocenters. The number of aliphatic hydroxyl groups is 1. The van der Waals surface area contributed by atoms with Crippen LogP contribution >= 0.6 is 0 Å². The molecule has 2 aliphatic carbocycles. The molecular weight excluding hydrogens is 284 g/mol. The molecule has 0 saturated carbocycles. The molecule has 3 aliphatic rings. The highest BCUT2D eigenvalue weighted by atomic mass is 16.5. The highest BCUT2D eigenvalue weighted by Crippen LogP contribution is 2.54. The van der Waals surface area contributed by atoms with Crippen LogP contribution in [0.1, 0.15) is 55.4 Å². The molecule has 0 saturated heterocycles. The van der Waals surface area contributed by atoms with Crippen LogP contribution in [0.4, 0.5) is 0 Å². The van der Waals surface area contributed by atoms with Crippen LogP contribution in [0.5, 0.6) is 0 Å². The second-order valence-electron chi connectivity index (χ2n) is 7.93. The summed E-state index contributed by atoms with van der Waals surface area (Å²) in [7, 11) is 0. The van der Waals surface area contributed by atoms with Gasteiger partial charge in [0, 0.05) is 12.3 Å². The van der Waals surface area contributed by atoms with E-state index in [4.69, 9.17) is 4.74 Å². The third kappa shape index (κ3) is 1.97. The van der Waals surface area contributed by atoms with Gasteiger partial charge in [0.15, 0.2) is 0 Å². The van der Waals surface area contributed by atoms with E-state index in [1.807, 2.05) is 0 Å². The molecule has 4 rings (SSSR count). The lowest BCUT2D eigenvalue weighted by atomic mass is 9.70. The van der Waals surface area contributed by atoms with E-state index < -0.39 is 5.60 Å². The smallest absolute Gasteiger partial charge is 0.122 e. The van der Waals surface area contributed by atoms with Gasteiger partial charge in [-0.3, -0.25) is 0 Å². The maximum atomic E-state index is 11.3. The molecule has 0 spiro atoms. The first-order valence-corrected chi connectivity index (χ1v) is 8.68. The van der Waals surface area contributed by atoms with E-state index in [0.29, 0.717) is 18.9 Å². The topological polar surface area (TPSA) is 29.5 Å². The van der Waals surface area contributed by atoms with Crippen molar-refractivity contribution in [3.05, 3.63) is 56.9 Å². The first-order valence-electron chi connectivity index (χ1n) is 8.68. The van der Waals surface area contributed by atoms with Crippen LogP contribution in [-0.2, 0) is 11.2 Å². The molecule has 0 bridgehead atoms. The molecule has 2 nitrogen and oxygen atoms in total. The lowest BCUT2D eigenvalue weighted by Crippen LogP contribution is -2.45. The van der Waals surface area contributed by atoms with Gasteiger partial charge in [-0.1, -0.05) is 24.6 Å². The van der Waals surface area contributed by atoms with Crippen molar-refractivity contribution >= 4 is 0 Å². The summed E-state index contributed by atoms with van der Waals surface area (Å²) >= 11 is 0. The van der Waals surface area contributed by atoms with Crippen molar-refractivity contribution in [1.29, 1.82) is 0 Å². The number of rotatable bonds is 0. The number of aryl methyl sites for hydroxylation is 2. The van der Waals surface area contributed by atoms with Gasteiger partial charge in [-0.05, 0) is 73.4 Å². The predicted molar refractivity (Wildman–Crippen MR) is 92.4 cm³/mol. The summed E-state index contributed by atoms with van der Waals surface area (Å²) in [6.07, 6.45) is 1.78. The van der Waals surface area contributed by atoms with Gasteiger partial charge in [0.2, 0.25) is 0 Å². The summed E-state index contributed by atoms with van der Waals surface area (Å²) in [6, 6.07) is 4.57. The average Bonchev–Trinajstić information content (AvgIpc) is 2.76. The molecule has 0 radical (unpaired) electrons. The number of hydrogen-bond acceptors (Lipinski definition) is 2. The third-order valence-corrected chi connectivity index (χ3v) is 6.26. The average molecular weight is 310 g/mol. The largest absolute Gasteiger partial charge is 0.490 e. The van der Waals surface area contributed by atoms with E-state index in [1.165, 1.54) is 39.0 Å². The summed E-state index contributed by atoms with van der Waals surface area (Å²) in [5.41, 5.74) is 8.49. The van der Waals surface area contributed by atoms with Crippen LogP contribution in [0.15, 0.2) is 34.6 Å². The van der Waals surface area contributed by atoms with Crippen LogP contribution in [0.3, 0.4) is 0 Å². The Morgan fingerprint density at radius 1 is 1.13 bits per heavy atom. The molecule has 1 aromatic carbocycles. The minimum atomic E-state index is -0.777. The summed E-state index contributed by atoms with van der Waals surface area (Å²) in [4.78, 5) is 0. The van der Waals surface area contributed by atoms with Crippen LogP contribution < -0.4 is 0 Å². The SMILES string of the molecule is CC1=C(C)C2=C(C(C)C1)C1c3cc(C)c(C)cc3CC1(O)CO2. The second kappa shape index (κ2) is 4.73. The monoisotopic (exact) mass is 310 g/mol. The van der Waals surface area contributed by atoms with Crippen molar-refractivity contribution in [3.63, 3.8) is 0 Å². The van der Waals surface area contributed by atoms with Crippen molar-refractivity contribution in [1.82, 2.24) is 0 Å². The lowest BCUT2D eigenvalue weighted by Gasteiger charge is -2.43. The van der Waals surface area contributed by atoms with Crippen LogP contribution in [0.25, 0.3) is 0 Å². The van der Waals surface area contributed by atoms with Crippen LogP contribution in [0, 0.1) is 19.8 Å². The maximum Gasteiger partial charge on any atom is 0.122 e. The molecule has 0 amide bonds. The van der Waals surface area contributed by atoms with Crippen molar-refractivity contribution in [2.75, 3.05) is 6.61 Å². The van der Waals surface area contributed by atoms with E-state index in [2.05, 4.69) is 46.8 Å². The Bertz CT molecular complexity index is 768. The van der Waals surface area contributed by atoms with Crippen molar-refractivity contribution < 1.29 is 9.84 Å². The number of fused-ring (bicyclic) bond motifs is 4. The Kier molecular flexibility index (Phi) is 3.09. The Morgan fingerprint density at radius 3 is 2.57 bits per heavy atom. The molecule has 1 N–H and O–H groups in total. The van der Waals surface area contributed by atoms with E-state index in [-0.39, 0.29) is 5.92 Å². The van der Waals surface area contributed by atoms with Gasteiger partial charge in [0.1, 0.15) is 18.0 Å². The Labute approximate surface area is 138 Å². The zero-order chi connectivity index (χ0) is 16.5. The minimum absolute atomic E-state index is 0.0959.